The predicted molar refractivity (Wildman–Crippen MR) is 116 cm³/mol. The number of ether oxygens (including phenoxy) is 1. The summed E-state index contributed by atoms with van der Waals surface area (Å²) < 4.78 is 7.03. The average molecular weight is 425 g/mol. The molecule has 0 atom stereocenters. The minimum atomic E-state index is -0.138. The summed E-state index contributed by atoms with van der Waals surface area (Å²) >= 11 is 7.32. The van der Waals surface area contributed by atoms with Crippen LogP contribution in [0.5, 0.6) is 5.75 Å². The SMILES string of the molecule is COc1ccccc1NC(=O)CSc1nccn2nc(-c3ccc(Cl)cc3)cc12. The molecule has 4 rings (SSSR count). The van der Waals surface area contributed by atoms with Crippen molar-refractivity contribution in [3.8, 4) is 17.0 Å². The second-order valence-corrected chi connectivity index (χ2v) is 7.54. The summed E-state index contributed by atoms with van der Waals surface area (Å²) in [6, 6.07) is 16.8. The zero-order chi connectivity index (χ0) is 20.2. The maximum atomic E-state index is 12.4. The molecule has 146 valence electrons. The summed E-state index contributed by atoms with van der Waals surface area (Å²) in [5, 5.41) is 8.87. The molecule has 0 radical (unpaired) electrons. The maximum absolute atomic E-state index is 12.4. The van der Waals surface area contributed by atoms with Crippen molar-refractivity contribution in [2.75, 3.05) is 18.2 Å². The molecule has 2 aromatic heterocycles. The van der Waals surface area contributed by atoms with Crippen molar-refractivity contribution in [1.29, 1.82) is 0 Å². The minimum Gasteiger partial charge on any atom is -0.495 e. The summed E-state index contributed by atoms with van der Waals surface area (Å²) in [5.74, 6) is 0.696. The number of thioether (sulfide) groups is 1. The summed E-state index contributed by atoms with van der Waals surface area (Å²) in [7, 11) is 1.57. The molecule has 0 fully saturated rings. The van der Waals surface area contributed by atoms with Gasteiger partial charge in [-0.25, -0.2) is 9.50 Å². The molecule has 0 bridgehead atoms. The predicted octanol–water partition coefficient (Wildman–Crippen LogP) is 4.79. The van der Waals surface area contributed by atoms with E-state index < -0.39 is 0 Å². The molecule has 0 saturated heterocycles. The Bertz CT molecular complexity index is 1160. The smallest absolute Gasteiger partial charge is 0.234 e. The van der Waals surface area contributed by atoms with E-state index in [0.717, 1.165) is 21.8 Å². The highest BCUT2D eigenvalue weighted by atomic mass is 35.5. The molecule has 29 heavy (non-hydrogen) atoms. The largest absolute Gasteiger partial charge is 0.495 e. The number of amides is 1. The molecule has 0 aliphatic carbocycles. The van der Waals surface area contributed by atoms with Crippen molar-refractivity contribution in [2.24, 2.45) is 0 Å². The highest BCUT2D eigenvalue weighted by Gasteiger charge is 2.12. The Morgan fingerprint density at radius 3 is 2.79 bits per heavy atom. The molecule has 4 aromatic rings. The first-order chi connectivity index (χ1) is 14.1. The zero-order valence-electron chi connectivity index (χ0n) is 15.5. The van der Waals surface area contributed by atoms with Crippen LogP contribution in [-0.2, 0) is 4.79 Å². The molecule has 2 aromatic carbocycles. The lowest BCUT2D eigenvalue weighted by Gasteiger charge is -2.09. The van der Waals surface area contributed by atoms with E-state index in [1.54, 1.807) is 36.2 Å². The van der Waals surface area contributed by atoms with Gasteiger partial charge in [-0.3, -0.25) is 4.79 Å². The minimum absolute atomic E-state index is 0.138. The summed E-state index contributed by atoms with van der Waals surface area (Å²) in [4.78, 5) is 16.8. The Hall–Kier alpha value is -3.03. The van der Waals surface area contributed by atoms with Crippen LogP contribution in [0.1, 0.15) is 0 Å². The van der Waals surface area contributed by atoms with Gasteiger partial charge in [-0.15, -0.1) is 0 Å². The fourth-order valence-electron chi connectivity index (χ4n) is 2.84. The fourth-order valence-corrected chi connectivity index (χ4v) is 3.74. The van der Waals surface area contributed by atoms with Crippen LogP contribution in [0.15, 0.2) is 72.0 Å². The number of carbonyl (C=O) groups is 1. The number of rotatable bonds is 6. The van der Waals surface area contributed by atoms with E-state index in [2.05, 4.69) is 15.4 Å². The first-order valence-electron chi connectivity index (χ1n) is 8.80. The van der Waals surface area contributed by atoms with Crippen molar-refractivity contribution in [2.45, 2.75) is 5.03 Å². The van der Waals surface area contributed by atoms with Crippen LogP contribution < -0.4 is 10.1 Å². The molecule has 2 heterocycles. The molecule has 0 aliphatic heterocycles. The summed E-state index contributed by atoms with van der Waals surface area (Å²) in [6.45, 7) is 0. The number of halogens is 1. The third-order valence-electron chi connectivity index (χ3n) is 4.22. The van der Waals surface area contributed by atoms with Crippen LogP contribution in [0.3, 0.4) is 0 Å². The van der Waals surface area contributed by atoms with Gasteiger partial charge in [0.1, 0.15) is 10.8 Å². The Kier molecular flexibility index (Phi) is 5.69. The van der Waals surface area contributed by atoms with Gasteiger partial charge in [0.15, 0.2) is 0 Å². The second-order valence-electron chi connectivity index (χ2n) is 6.14. The molecule has 1 amide bonds. The maximum Gasteiger partial charge on any atom is 0.234 e. The number of benzene rings is 2. The number of nitrogens with zero attached hydrogens (tertiary/aromatic N) is 3. The van der Waals surface area contributed by atoms with Gasteiger partial charge in [0, 0.05) is 23.0 Å². The highest BCUT2D eigenvalue weighted by Crippen LogP contribution is 2.27. The van der Waals surface area contributed by atoms with Crippen molar-refractivity contribution < 1.29 is 9.53 Å². The lowest BCUT2D eigenvalue weighted by Crippen LogP contribution is -2.14. The molecule has 8 heteroatoms. The van der Waals surface area contributed by atoms with E-state index in [0.29, 0.717) is 16.5 Å². The van der Waals surface area contributed by atoms with E-state index in [1.807, 2.05) is 42.5 Å². The standard InChI is InChI=1S/C21H17ClN4O2S/c1-28-19-5-3-2-4-16(19)24-20(27)13-29-21-18-12-17(25-26(18)11-10-23-21)14-6-8-15(22)9-7-14/h2-12H,13H2,1H3,(H,24,27). The molecular formula is C21H17ClN4O2S. The number of fused-ring (bicyclic) bond motifs is 1. The number of hydrogen-bond donors (Lipinski definition) is 1. The fraction of sp³-hybridized carbons (Fsp3) is 0.0952. The quantitative estimate of drug-likeness (QED) is 0.451. The van der Waals surface area contributed by atoms with E-state index in [4.69, 9.17) is 16.3 Å². The van der Waals surface area contributed by atoms with Gasteiger partial charge in [0.25, 0.3) is 0 Å². The number of aromatic nitrogens is 3. The van der Waals surface area contributed by atoms with Crippen LogP contribution >= 0.6 is 23.4 Å². The monoisotopic (exact) mass is 424 g/mol. The molecule has 0 saturated carbocycles. The Morgan fingerprint density at radius 2 is 2.00 bits per heavy atom. The topological polar surface area (TPSA) is 68.5 Å². The zero-order valence-corrected chi connectivity index (χ0v) is 17.1. The van der Waals surface area contributed by atoms with Crippen LogP contribution in [0, 0.1) is 0 Å². The molecule has 0 aliphatic rings. The molecule has 6 nitrogen and oxygen atoms in total. The normalized spacial score (nSPS) is 10.8. The lowest BCUT2D eigenvalue weighted by atomic mass is 10.1. The number of hydrogen-bond acceptors (Lipinski definition) is 5. The number of carbonyl (C=O) groups excluding carboxylic acids is 1. The Morgan fingerprint density at radius 1 is 1.21 bits per heavy atom. The van der Waals surface area contributed by atoms with E-state index in [9.17, 15) is 4.79 Å². The van der Waals surface area contributed by atoms with Gasteiger partial charge in [-0.1, -0.05) is 47.6 Å². The van der Waals surface area contributed by atoms with Gasteiger partial charge in [0.2, 0.25) is 5.91 Å². The van der Waals surface area contributed by atoms with Gasteiger partial charge < -0.3 is 10.1 Å². The van der Waals surface area contributed by atoms with Crippen LogP contribution in [-0.4, -0.2) is 33.4 Å². The molecule has 0 unspecified atom stereocenters. The van der Waals surface area contributed by atoms with Crippen LogP contribution in [0.25, 0.3) is 16.8 Å². The molecule has 1 N–H and O–H groups in total. The number of nitrogens with one attached hydrogen (secondary N) is 1. The van der Waals surface area contributed by atoms with Crippen molar-refractivity contribution >= 4 is 40.5 Å². The van der Waals surface area contributed by atoms with Gasteiger partial charge in [-0.2, -0.15) is 5.10 Å². The molecular weight excluding hydrogens is 408 g/mol. The number of para-hydroxylation sites is 2. The van der Waals surface area contributed by atoms with Crippen LogP contribution in [0.2, 0.25) is 5.02 Å². The summed E-state index contributed by atoms with van der Waals surface area (Å²) in [5.41, 5.74) is 3.26. The number of anilines is 1. The van der Waals surface area contributed by atoms with E-state index in [-0.39, 0.29) is 11.7 Å². The Balaban J connectivity index is 1.50. The van der Waals surface area contributed by atoms with E-state index >= 15 is 0 Å². The molecule has 0 spiro atoms. The van der Waals surface area contributed by atoms with Gasteiger partial charge in [0.05, 0.1) is 29.8 Å². The third kappa shape index (κ3) is 4.36. The highest BCUT2D eigenvalue weighted by molar-refractivity contribution is 8.00. The first-order valence-corrected chi connectivity index (χ1v) is 10.2. The lowest BCUT2D eigenvalue weighted by molar-refractivity contribution is -0.113. The summed E-state index contributed by atoms with van der Waals surface area (Å²) in [6.07, 6.45) is 3.46. The third-order valence-corrected chi connectivity index (χ3v) is 5.46. The Labute approximate surface area is 176 Å². The van der Waals surface area contributed by atoms with Crippen molar-refractivity contribution in [3.05, 3.63) is 72.0 Å². The van der Waals surface area contributed by atoms with Gasteiger partial charge >= 0.3 is 0 Å². The average Bonchev–Trinajstić information content (AvgIpc) is 3.18. The van der Waals surface area contributed by atoms with E-state index in [1.165, 1.54) is 11.8 Å². The van der Waals surface area contributed by atoms with Gasteiger partial charge in [-0.05, 0) is 30.3 Å². The second kappa shape index (κ2) is 8.55. The first kappa shape index (κ1) is 19.3. The van der Waals surface area contributed by atoms with Crippen LogP contribution in [0.4, 0.5) is 5.69 Å². The van der Waals surface area contributed by atoms with Crippen molar-refractivity contribution in [1.82, 2.24) is 14.6 Å². The number of methoxy groups -OCH3 is 1. The van der Waals surface area contributed by atoms with Crippen molar-refractivity contribution in [3.63, 3.8) is 0 Å².